The third kappa shape index (κ3) is 4.39. The van der Waals surface area contributed by atoms with E-state index in [4.69, 9.17) is 0 Å². The second-order valence-electron chi connectivity index (χ2n) is 4.26. The number of hydrogen-bond donors (Lipinski definition) is 0. The first-order valence-corrected chi connectivity index (χ1v) is 5.65. The van der Waals surface area contributed by atoms with Gasteiger partial charge in [0.1, 0.15) is 11.6 Å². The van der Waals surface area contributed by atoms with Gasteiger partial charge in [-0.15, -0.1) is 0 Å². The highest BCUT2D eigenvalue weighted by Gasteiger charge is 2.11. The van der Waals surface area contributed by atoms with Crippen LogP contribution in [0.4, 0.5) is 0 Å². The minimum absolute atomic E-state index is 0.0840. The van der Waals surface area contributed by atoms with Crippen LogP contribution < -0.4 is 0 Å². The monoisotopic (exact) mass is 218 g/mol. The first-order chi connectivity index (χ1) is 7.59. The molecule has 0 saturated carbocycles. The van der Waals surface area contributed by atoms with Crippen LogP contribution >= 0.6 is 0 Å². The average Bonchev–Trinajstić information content (AvgIpc) is 2.27. The third-order valence-corrected chi connectivity index (χ3v) is 2.66. The predicted molar refractivity (Wildman–Crippen MR) is 64.4 cm³/mol. The van der Waals surface area contributed by atoms with E-state index in [1.165, 1.54) is 12.5 Å². The second-order valence-corrected chi connectivity index (χ2v) is 4.26. The van der Waals surface area contributed by atoms with E-state index in [9.17, 15) is 9.59 Å². The average molecular weight is 218 g/mol. The highest BCUT2D eigenvalue weighted by Crippen LogP contribution is 2.19. The molecule has 1 unspecified atom stereocenters. The van der Waals surface area contributed by atoms with Crippen molar-refractivity contribution in [3.05, 3.63) is 35.9 Å². The van der Waals surface area contributed by atoms with Gasteiger partial charge in [-0.25, -0.2) is 0 Å². The van der Waals surface area contributed by atoms with E-state index < -0.39 is 0 Å². The number of rotatable bonds is 6. The molecule has 0 bridgehead atoms. The van der Waals surface area contributed by atoms with E-state index in [1.54, 1.807) is 0 Å². The summed E-state index contributed by atoms with van der Waals surface area (Å²) in [6.07, 6.45) is 1.28. The first kappa shape index (κ1) is 12.6. The van der Waals surface area contributed by atoms with Crippen molar-refractivity contribution in [3.63, 3.8) is 0 Å². The van der Waals surface area contributed by atoms with Crippen molar-refractivity contribution < 1.29 is 9.59 Å². The molecule has 0 fully saturated rings. The number of hydrogen-bond acceptors (Lipinski definition) is 2. The SMILES string of the molecule is CC(=O)CCC(=O)CC(C)c1ccccc1. The molecule has 0 N–H and O–H groups in total. The van der Waals surface area contributed by atoms with Crippen molar-refractivity contribution in [2.45, 2.75) is 39.0 Å². The summed E-state index contributed by atoms with van der Waals surface area (Å²) < 4.78 is 0. The van der Waals surface area contributed by atoms with Crippen molar-refractivity contribution in [3.8, 4) is 0 Å². The molecule has 1 atom stereocenters. The summed E-state index contributed by atoms with van der Waals surface area (Å²) >= 11 is 0. The van der Waals surface area contributed by atoms with Crippen LogP contribution in [0.1, 0.15) is 44.6 Å². The minimum atomic E-state index is 0.0840. The lowest BCUT2D eigenvalue weighted by atomic mass is 9.94. The van der Waals surface area contributed by atoms with Gasteiger partial charge in [-0.2, -0.15) is 0 Å². The van der Waals surface area contributed by atoms with Crippen LogP contribution in [0.25, 0.3) is 0 Å². The van der Waals surface area contributed by atoms with Gasteiger partial charge in [-0.1, -0.05) is 37.3 Å². The van der Waals surface area contributed by atoms with Crippen LogP contribution in [0, 0.1) is 0 Å². The molecule has 1 aromatic rings. The summed E-state index contributed by atoms with van der Waals surface area (Å²) in [4.78, 5) is 22.3. The largest absolute Gasteiger partial charge is 0.300 e. The molecule has 0 spiro atoms. The molecule has 0 aliphatic heterocycles. The molecular formula is C14H18O2. The molecule has 2 nitrogen and oxygen atoms in total. The molecule has 0 aliphatic carbocycles. The van der Waals surface area contributed by atoms with Crippen LogP contribution in [0.15, 0.2) is 30.3 Å². The van der Waals surface area contributed by atoms with Crippen molar-refractivity contribution in [2.75, 3.05) is 0 Å². The summed E-state index contributed by atoms with van der Waals surface area (Å²) in [5.74, 6) is 0.493. The second kappa shape index (κ2) is 6.21. The maximum atomic E-state index is 11.6. The Morgan fingerprint density at radius 1 is 1.12 bits per heavy atom. The molecule has 16 heavy (non-hydrogen) atoms. The highest BCUT2D eigenvalue weighted by atomic mass is 16.1. The smallest absolute Gasteiger partial charge is 0.133 e. The fraction of sp³-hybridized carbons (Fsp3) is 0.429. The van der Waals surface area contributed by atoms with E-state index in [2.05, 4.69) is 0 Å². The van der Waals surface area contributed by atoms with Crippen molar-refractivity contribution >= 4 is 11.6 Å². The normalized spacial score (nSPS) is 12.1. The van der Waals surface area contributed by atoms with Gasteiger partial charge in [0.05, 0.1) is 0 Å². The van der Waals surface area contributed by atoms with Gasteiger partial charge in [0.2, 0.25) is 0 Å². The molecule has 0 heterocycles. The lowest BCUT2D eigenvalue weighted by Crippen LogP contribution is -2.06. The first-order valence-electron chi connectivity index (χ1n) is 5.65. The Balaban J connectivity index is 2.43. The summed E-state index contributed by atoms with van der Waals surface area (Å²) in [6, 6.07) is 9.98. The van der Waals surface area contributed by atoms with Gasteiger partial charge in [0.15, 0.2) is 0 Å². The van der Waals surface area contributed by atoms with E-state index in [0.717, 1.165) is 0 Å². The Morgan fingerprint density at radius 3 is 2.31 bits per heavy atom. The topological polar surface area (TPSA) is 34.1 Å². The summed E-state index contributed by atoms with van der Waals surface area (Å²) in [5.41, 5.74) is 1.18. The Bertz CT molecular complexity index is 354. The zero-order valence-electron chi connectivity index (χ0n) is 9.90. The molecule has 0 amide bonds. The summed E-state index contributed by atoms with van der Waals surface area (Å²) in [7, 11) is 0. The molecule has 1 aromatic carbocycles. The van der Waals surface area contributed by atoms with Crippen molar-refractivity contribution in [1.29, 1.82) is 0 Å². The van der Waals surface area contributed by atoms with Crippen LogP contribution in [-0.4, -0.2) is 11.6 Å². The van der Waals surface area contributed by atoms with Crippen LogP contribution in [-0.2, 0) is 9.59 Å². The van der Waals surface area contributed by atoms with E-state index in [0.29, 0.717) is 19.3 Å². The summed E-state index contributed by atoms with van der Waals surface area (Å²) in [5, 5.41) is 0. The third-order valence-electron chi connectivity index (χ3n) is 2.66. The maximum Gasteiger partial charge on any atom is 0.133 e. The number of carbonyl (C=O) groups excluding carboxylic acids is 2. The molecule has 0 aliphatic rings. The fourth-order valence-corrected chi connectivity index (χ4v) is 1.66. The van der Waals surface area contributed by atoms with Crippen LogP contribution in [0.2, 0.25) is 0 Å². The molecular weight excluding hydrogens is 200 g/mol. The maximum absolute atomic E-state index is 11.6. The molecule has 2 heteroatoms. The molecule has 1 rings (SSSR count). The minimum Gasteiger partial charge on any atom is -0.300 e. The zero-order valence-corrected chi connectivity index (χ0v) is 9.90. The fourth-order valence-electron chi connectivity index (χ4n) is 1.66. The molecule has 0 saturated heterocycles. The van der Waals surface area contributed by atoms with E-state index >= 15 is 0 Å². The molecule has 0 radical (unpaired) electrons. The number of ketones is 2. The highest BCUT2D eigenvalue weighted by molar-refractivity contribution is 5.85. The number of Topliss-reactive ketones (excluding diaryl/α,β-unsaturated/α-hetero) is 2. The van der Waals surface area contributed by atoms with Crippen LogP contribution in [0.5, 0.6) is 0 Å². The van der Waals surface area contributed by atoms with E-state index in [1.807, 2.05) is 37.3 Å². The Kier molecular flexibility index (Phi) is 4.90. The van der Waals surface area contributed by atoms with Gasteiger partial charge in [0.25, 0.3) is 0 Å². The lowest BCUT2D eigenvalue weighted by Gasteiger charge is -2.10. The standard InChI is InChI=1S/C14H18O2/c1-11(13-6-4-3-5-7-13)10-14(16)9-8-12(2)15/h3-7,11H,8-10H2,1-2H3. The molecule has 0 aromatic heterocycles. The quantitative estimate of drug-likeness (QED) is 0.735. The van der Waals surface area contributed by atoms with Gasteiger partial charge in [-0.05, 0) is 18.4 Å². The number of carbonyl (C=O) groups is 2. The van der Waals surface area contributed by atoms with Crippen LogP contribution in [0.3, 0.4) is 0 Å². The summed E-state index contributed by atoms with van der Waals surface area (Å²) in [6.45, 7) is 3.56. The Morgan fingerprint density at radius 2 is 1.75 bits per heavy atom. The Labute approximate surface area is 96.7 Å². The van der Waals surface area contributed by atoms with Crippen molar-refractivity contribution in [2.24, 2.45) is 0 Å². The van der Waals surface area contributed by atoms with Crippen molar-refractivity contribution in [1.82, 2.24) is 0 Å². The number of benzene rings is 1. The van der Waals surface area contributed by atoms with E-state index in [-0.39, 0.29) is 17.5 Å². The van der Waals surface area contributed by atoms with Gasteiger partial charge in [0, 0.05) is 19.3 Å². The van der Waals surface area contributed by atoms with Gasteiger partial charge < -0.3 is 4.79 Å². The predicted octanol–water partition coefficient (Wildman–Crippen LogP) is 3.12. The zero-order chi connectivity index (χ0) is 12.0. The van der Waals surface area contributed by atoms with Gasteiger partial charge >= 0.3 is 0 Å². The van der Waals surface area contributed by atoms with Gasteiger partial charge in [-0.3, -0.25) is 4.79 Å². The Hall–Kier alpha value is -1.44. The molecule has 86 valence electrons. The lowest BCUT2D eigenvalue weighted by molar-refractivity contribution is -0.123.